The molecule has 1 aliphatic rings. The zero-order valence-electron chi connectivity index (χ0n) is 13.3. The van der Waals surface area contributed by atoms with Crippen molar-refractivity contribution in [3.63, 3.8) is 0 Å². The minimum absolute atomic E-state index is 0.0127. The molecule has 0 aromatic rings. The molecule has 2 nitrogen and oxygen atoms in total. The summed E-state index contributed by atoms with van der Waals surface area (Å²) >= 11 is 5.29. The molecular weight excluding hydrogens is 280 g/mol. The van der Waals surface area contributed by atoms with Crippen LogP contribution in [0.15, 0.2) is 23.8 Å². The Balaban J connectivity index is 2.52. The van der Waals surface area contributed by atoms with Crippen LogP contribution in [0.5, 0.6) is 0 Å². The molecule has 0 fully saturated rings. The zero-order chi connectivity index (χ0) is 15.7. The van der Waals surface area contributed by atoms with E-state index in [0.29, 0.717) is 5.57 Å². The molecule has 0 saturated carbocycles. The van der Waals surface area contributed by atoms with Gasteiger partial charge in [-0.3, -0.25) is 9.59 Å². The second kappa shape index (κ2) is 9.99. The van der Waals surface area contributed by atoms with Crippen molar-refractivity contribution < 1.29 is 9.59 Å². The van der Waals surface area contributed by atoms with E-state index in [2.05, 4.69) is 6.92 Å². The van der Waals surface area contributed by atoms with Crippen molar-refractivity contribution in [1.82, 2.24) is 0 Å². The Kier molecular flexibility index (Phi) is 8.67. The molecule has 0 aromatic carbocycles. The molecule has 0 N–H and O–H groups in total. The van der Waals surface area contributed by atoms with Crippen molar-refractivity contribution in [1.29, 1.82) is 0 Å². The molecule has 0 saturated heterocycles. The zero-order valence-corrected chi connectivity index (χ0v) is 14.1. The van der Waals surface area contributed by atoms with Gasteiger partial charge in [-0.05, 0) is 37.0 Å². The summed E-state index contributed by atoms with van der Waals surface area (Å²) < 4.78 is 0. The first-order chi connectivity index (χ1) is 10.0. The van der Waals surface area contributed by atoms with Gasteiger partial charge >= 0.3 is 0 Å². The van der Waals surface area contributed by atoms with Crippen LogP contribution in [0.1, 0.15) is 65.2 Å². The average molecular weight is 307 g/mol. The summed E-state index contributed by atoms with van der Waals surface area (Å²) in [5, 5.41) is 0.129. The molecule has 2 unspecified atom stereocenters. The lowest BCUT2D eigenvalue weighted by Gasteiger charge is -2.21. The SMILES string of the molecule is CCCCCCCCC(CC(C)[S])C1=CC(=O)C=CC1=O. The Morgan fingerprint density at radius 3 is 2.38 bits per heavy atom. The van der Waals surface area contributed by atoms with E-state index in [-0.39, 0.29) is 22.7 Å². The highest BCUT2D eigenvalue weighted by Gasteiger charge is 2.23. The van der Waals surface area contributed by atoms with Crippen molar-refractivity contribution in [3.8, 4) is 0 Å². The lowest BCUT2D eigenvalue weighted by atomic mass is 9.84. The fourth-order valence-electron chi connectivity index (χ4n) is 2.82. The first kappa shape index (κ1) is 18.2. The quantitative estimate of drug-likeness (QED) is 0.422. The minimum atomic E-state index is -0.0745. The van der Waals surface area contributed by atoms with Gasteiger partial charge in [0.25, 0.3) is 0 Å². The number of unbranched alkanes of at least 4 members (excludes halogenated alkanes) is 5. The van der Waals surface area contributed by atoms with Gasteiger partial charge in [0.15, 0.2) is 11.6 Å². The number of hydrogen-bond acceptors (Lipinski definition) is 2. The summed E-state index contributed by atoms with van der Waals surface area (Å²) in [5.74, 6) is 0.0564. The van der Waals surface area contributed by atoms with Crippen LogP contribution in [0.2, 0.25) is 0 Å². The molecule has 0 heterocycles. The van der Waals surface area contributed by atoms with Crippen molar-refractivity contribution in [2.45, 2.75) is 70.5 Å². The van der Waals surface area contributed by atoms with Crippen LogP contribution in [0, 0.1) is 5.92 Å². The molecule has 0 spiro atoms. The summed E-state index contributed by atoms with van der Waals surface area (Å²) in [6.07, 6.45) is 13.5. The Hall–Kier alpha value is -0.830. The first-order valence-electron chi connectivity index (χ1n) is 8.18. The molecule has 3 heteroatoms. The molecule has 1 radical (unpaired) electrons. The van der Waals surface area contributed by atoms with Gasteiger partial charge < -0.3 is 0 Å². The summed E-state index contributed by atoms with van der Waals surface area (Å²) in [7, 11) is 0. The fourth-order valence-corrected chi connectivity index (χ4v) is 3.05. The maximum absolute atomic E-state index is 12.0. The van der Waals surface area contributed by atoms with Gasteiger partial charge in [-0.25, -0.2) is 0 Å². The average Bonchev–Trinajstić information content (AvgIpc) is 2.43. The van der Waals surface area contributed by atoms with E-state index in [9.17, 15) is 9.59 Å². The van der Waals surface area contributed by atoms with Crippen LogP contribution >= 0.6 is 12.6 Å². The highest BCUT2D eigenvalue weighted by Crippen LogP contribution is 2.28. The van der Waals surface area contributed by atoms with Crippen LogP contribution in [0.4, 0.5) is 0 Å². The number of carbonyl (C=O) groups excluding carboxylic acids is 2. The Morgan fingerprint density at radius 2 is 1.71 bits per heavy atom. The fraction of sp³-hybridized carbons (Fsp3) is 0.667. The molecular formula is C18H27O2S. The summed E-state index contributed by atoms with van der Waals surface area (Å²) in [4.78, 5) is 23.5. The van der Waals surface area contributed by atoms with E-state index >= 15 is 0 Å². The van der Waals surface area contributed by atoms with Crippen molar-refractivity contribution in [2.24, 2.45) is 5.92 Å². The normalized spacial score (nSPS) is 17.8. The van der Waals surface area contributed by atoms with E-state index in [0.717, 1.165) is 19.3 Å². The summed E-state index contributed by atoms with van der Waals surface area (Å²) in [6.45, 7) is 4.21. The van der Waals surface area contributed by atoms with Gasteiger partial charge in [-0.2, -0.15) is 0 Å². The van der Waals surface area contributed by atoms with Crippen molar-refractivity contribution >= 4 is 24.2 Å². The standard InChI is InChI=1S/C18H27O2S/c1-3-4-5-6-7-8-9-15(12-14(2)21)17-13-16(19)10-11-18(17)20/h10-11,13-15H,3-9,12H2,1-2H3. The van der Waals surface area contributed by atoms with E-state index in [1.165, 1.54) is 50.3 Å². The lowest BCUT2D eigenvalue weighted by molar-refractivity contribution is -0.115. The minimum Gasteiger partial charge on any atom is -0.290 e. The molecule has 0 aromatic heterocycles. The maximum atomic E-state index is 12.0. The van der Waals surface area contributed by atoms with Gasteiger partial charge in [-0.1, -0.05) is 65.0 Å². The number of ketones is 2. The van der Waals surface area contributed by atoms with Crippen LogP contribution in [0.25, 0.3) is 0 Å². The number of allylic oxidation sites excluding steroid dienone is 4. The van der Waals surface area contributed by atoms with Crippen molar-refractivity contribution in [2.75, 3.05) is 0 Å². The van der Waals surface area contributed by atoms with Crippen LogP contribution < -0.4 is 0 Å². The van der Waals surface area contributed by atoms with Crippen LogP contribution in [-0.4, -0.2) is 16.8 Å². The molecule has 2 atom stereocenters. The Morgan fingerprint density at radius 1 is 1.05 bits per heavy atom. The van der Waals surface area contributed by atoms with Crippen LogP contribution in [0.3, 0.4) is 0 Å². The number of hydrogen-bond donors (Lipinski definition) is 0. The van der Waals surface area contributed by atoms with Gasteiger partial charge in [0.1, 0.15) is 0 Å². The monoisotopic (exact) mass is 307 g/mol. The van der Waals surface area contributed by atoms with Gasteiger partial charge in [0.05, 0.1) is 0 Å². The second-order valence-corrected chi connectivity index (χ2v) is 6.80. The third kappa shape index (κ3) is 7.12. The highest BCUT2D eigenvalue weighted by atomic mass is 32.1. The largest absolute Gasteiger partial charge is 0.290 e. The van der Waals surface area contributed by atoms with Gasteiger partial charge in [-0.15, -0.1) is 0 Å². The van der Waals surface area contributed by atoms with Crippen LogP contribution in [-0.2, 0) is 9.59 Å². The smallest absolute Gasteiger partial charge is 0.182 e. The summed E-state index contributed by atoms with van der Waals surface area (Å²) in [5.41, 5.74) is 0.674. The molecule has 117 valence electrons. The predicted octanol–water partition coefficient (Wildman–Crippen LogP) is 4.96. The predicted molar refractivity (Wildman–Crippen MR) is 90.4 cm³/mol. The molecule has 0 aliphatic heterocycles. The first-order valence-corrected chi connectivity index (χ1v) is 8.65. The van der Waals surface area contributed by atoms with Crippen molar-refractivity contribution in [3.05, 3.63) is 23.8 Å². The Bertz CT molecular complexity index is 407. The number of rotatable bonds is 10. The lowest BCUT2D eigenvalue weighted by Crippen LogP contribution is -2.18. The van der Waals surface area contributed by atoms with E-state index in [4.69, 9.17) is 12.6 Å². The second-order valence-electron chi connectivity index (χ2n) is 6.00. The molecule has 0 amide bonds. The van der Waals surface area contributed by atoms with E-state index in [1.807, 2.05) is 6.92 Å². The third-order valence-corrected chi connectivity index (χ3v) is 4.14. The highest BCUT2D eigenvalue weighted by molar-refractivity contribution is 7.80. The Labute approximate surface area is 134 Å². The van der Waals surface area contributed by atoms with Gasteiger partial charge in [0, 0.05) is 10.8 Å². The number of carbonyl (C=O) groups is 2. The molecule has 1 aliphatic carbocycles. The molecule has 0 bridgehead atoms. The summed E-state index contributed by atoms with van der Waals surface area (Å²) in [6, 6.07) is 0. The maximum Gasteiger partial charge on any atom is 0.182 e. The molecule has 1 rings (SSSR count). The van der Waals surface area contributed by atoms with E-state index in [1.54, 1.807) is 0 Å². The third-order valence-electron chi connectivity index (χ3n) is 3.94. The van der Waals surface area contributed by atoms with Gasteiger partial charge in [0.2, 0.25) is 0 Å². The molecule has 21 heavy (non-hydrogen) atoms. The topological polar surface area (TPSA) is 34.1 Å². The van der Waals surface area contributed by atoms with E-state index < -0.39 is 0 Å².